The Labute approximate surface area is 107 Å². The van der Waals surface area contributed by atoms with Gasteiger partial charge in [0.2, 0.25) is 0 Å². The summed E-state index contributed by atoms with van der Waals surface area (Å²) in [6.45, 7) is 17.4. The predicted octanol–water partition coefficient (Wildman–Crippen LogP) is 4.27. The van der Waals surface area contributed by atoms with E-state index in [-0.39, 0.29) is 16.9 Å². The summed E-state index contributed by atoms with van der Waals surface area (Å²) in [7, 11) is 0. The summed E-state index contributed by atoms with van der Waals surface area (Å²) < 4.78 is 0. The minimum atomic E-state index is -0.175. The Balaban J connectivity index is 2.98. The lowest BCUT2D eigenvalue weighted by molar-refractivity contribution is -0.0769. The Bertz CT molecular complexity index is 242. The molecular weight excluding hydrogens is 208 g/mol. The van der Waals surface area contributed by atoms with Gasteiger partial charge >= 0.3 is 0 Å². The zero-order valence-electron chi connectivity index (χ0n) is 12.5. The summed E-state index contributed by atoms with van der Waals surface area (Å²) in [4.78, 5) is 0. The molecule has 1 nitrogen and oxygen atoms in total. The van der Waals surface area contributed by atoms with Crippen LogP contribution in [0.1, 0.15) is 54.4 Å². The van der Waals surface area contributed by atoms with Crippen molar-refractivity contribution in [1.82, 2.24) is 0 Å². The molecule has 1 N–H and O–H groups in total. The lowest BCUT2D eigenvalue weighted by atomic mass is 9.59. The number of hydrogen-bond acceptors (Lipinski definition) is 1. The maximum absolute atomic E-state index is 10.7. The summed E-state index contributed by atoms with van der Waals surface area (Å²) in [5.74, 6) is 1.32. The highest BCUT2D eigenvalue weighted by Gasteiger charge is 2.45. The van der Waals surface area contributed by atoms with E-state index >= 15 is 0 Å². The summed E-state index contributed by atoms with van der Waals surface area (Å²) in [6.07, 6.45) is 4.08. The van der Waals surface area contributed by atoms with E-state index in [0.29, 0.717) is 17.8 Å². The molecule has 2 unspecified atom stereocenters. The van der Waals surface area contributed by atoms with Crippen molar-refractivity contribution < 1.29 is 5.11 Å². The van der Waals surface area contributed by atoms with Gasteiger partial charge < -0.3 is 5.11 Å². The molecule has 2 atom stereocenters. The van der Waals surface area contributed by atoms with Crippen LogP contribution in [-0.2, 0) is 0 Å². The van der Waals surface area contributed by atoms with Gasteiger partial charge in [0.05, 0.1) is 6.10 Å². The zero-order valence-corrected chi connectivity index (χ0v) is 12.5. The van der Waals surface area contributed by atoms with Crippen LogP contribution in [0, 0.1) is 28.6 Å². The van der Waals surface area contributed by atoms with Gasteiger partial charge in [0.25, 0.3) is 0 Å². The lowest BCUT2D eigenvalue weighted by Crippen LogP contribution is -2.47. The maximum atomic E-state index is 10.7. The average Bonchev–Trinajstić information content (AvgIpc) is 2.14. The molecular formula is C16H30O. The molecule has 0 heterocycles. The topological polar surface area (TPSA) is 20.2 Å². The first kappa shape index (κ1) is 14.8. The second kappa shape index (κ2) is 4.76. The van der Waals surface area contributed by atoms with E-state index in [1.165, 1.54) is 0 Å². The third kappa shape index (κ3) is 3.34. The SMILES string of the molecule is C=CC1CC(C(C)(C)C)C(O)C(C(C)(C)C)C1. The average molecular weight is 238 g/mol. The highest BCUT2D eigenvalue weighted by Crippen LogP contribution is 2.48. The molecule has 0 aromatic rings. The molecule has 100 valence electrons. The van der Waals surface area contributed by atoms with Crippen LogP contribution < -0.4 is 0 Å². The fourth-order valence-corrected chi connectivity index (χ4v) is 3.23. The minimum Gasteiger partial charge on any atom is -0.393 e. The molecule has 0 aliphatic heterocycles. The lowest BCUT2D eigenvalue weighted by Gasteiger charge is -2.49. The molecule has 1 heteroatoms. The number of allylic oxidation sites excluding steroid dienone is 1. The standard InChI is InChI=1S/C16H30O/c1-8-11-9-12(15(2,3)4)14(17)13(10-11)16(5,6)7/h8,11-14,17H,1,9-10H2,2-7H3. The molecule has 1 saturated carbocycles. The van der Waals surface area contributed by atoms with Crippen LogP contribution in [0.5, 0.6) is 0 Å². The third-order valence-corrected chi connectivity index (χ3v) is 4.50. The van der Waals surface area contributed by atoms with Gasteiger partial charge in [0.15, 0.2) is 0 Å². The van der Waals surface area contributed by atoms with Crippen LogP contribution >= 0.6 is 0 Å². The molecule has 1 aliphatic rings. The van der Waals surface area contributed by atoms with Crippen LogP contribution in [0.25, 0.3) is 0 Å². The first-order valence-corrected chi connectivity index (χ1v) is 6.88. The van der Waals surface area contributed by atoms with Gasteiger partial charge in [-0.25, -0.2) is 0 Å². The van der Waals surface area contributed by atoms with Crippen LogP contribution in [0.3, 0.4) is 0 Å². The molecule has 0 bridgehead atoms. The highest BCUT2D eigenvalue weighted by atomic mass is 16.3. The van der Waals surface area contributed by atoms with Crippen molar-refractivity contribution in [2.75, 3.05) is 0 Å². The van der Waals surface area contributed by atoms with Crippen molar-refractivity contribution in [3.8, 4) is 0 Å². The molecule has 1 rings (SSSR count). The molecule has 0 aromatic carbocycles. The van der Waals surface area contributed by atoms with Crippen molar-refractivity contribution in [3.63, 3.8) is 0 Å². The summed E-state index contributed by atoms with van der Waals surface area (Å²) >= 11 is 0. The first-order valence-electron chi connectivity index (χ1n) is 6.88. The van der Waals surface area contributed by atoms with Crippen LogP contribution in [0.15, 0.2) is 12.7 Å². The van der Waals surface area contributed by atoms with E-state index in [2.05, 4.69) is 54.2 Å². The van der Waals surface area contributed by atoms with Crippen molar-refractivity contribution in [2.45, 2.75) is 60.5 Å². The van der Waals surface area contributed by atoms with Crippen molar-refractivity contribution >= 4 is 0 Å². The Kier molecular flexibility index (Phi) is 4.13. The second-order valence-electron chi connectivity index (χ2n) is 7.90. The zero-order chi connectivity index (χ0) is 13.4. The molecule has 0 radical (unpaired) electrons. The van der Waals surface area contributed by atoms with E-state index in [1.54, 1.807) is 0 Å². The molecule has 1 fully saturated rings. The fraction of sp³-hybridized carbons (Fsp3) is 0.875. The van der Waals surface area contributed by atoms with Crippen molar-refractivity contribution in [2.24, 2.45) is 28.6 Å². The second-order valence-corrected chi connectivity index (χ2v) is 7.90. The number of hydrogen-bond donors (Lipinski definition) is 1. The van der Waals surface area contributed by atoms with Gasteiger partial charge in [0, 0.05) is 0 Å². The summed E-state index contributed by atoms with van der Waals surface area (Å²) in [6, 6.07) is 0. The largest absolute Gasteiger partial charge is 0.393 e. The molecule has 17 heavy (non-hydrogen) atoms. The smallest absolute Gasteiger partial charge is 0.0606 e. The predicted molar refractivity (Wildman–Crippen MR) is 74.8 cm³/mol. The van der Waals surface area contributed by atoms with E-state index in [4.69, 9.17) is 0 Å². The van der Waals surface area contributed by atoms with Gasteiger partial charge in [0.1, 0.15) is 0 Å². The van der Waals surface area contributed by atoms with Crippen LogP contribution in [0.2, 0.25) is 0 Å². The molecule has 1 aliphatic carbocycles. The van der Waals surface area contributed by atoms with Gasteiger partial charge in [-0.15, -0.1) is 6.58 Å². The van der Waals surface area contributed by atoms with Gasteiger partial charge in [-0.3, -0.25) is 0 Å². The monoisotopic (exact) mass is 238 g/mol. The number of aliphatic hydroxyl groups is 1. The summed E-state index contributed by atoms with van der Waals surface area (Å²) in [5.41, 5.74) is 0.342. The van der Waals surface area contributed by atoms with Crippen LogP contribution in [0.4, 0.5) is 0 Å². The summed E-state index contributed by atoms with van der Waals surface area (Å²) in [5, 5.41) is 10.7. The van der Waals surface area contributed by atoms with Crippen LogP contribution in [-0.4, -0.2) is 11.2 Å². The quantitative estimate of drug-likeness (QED) is 0.676. The van der Waals surface area contributed by atoms with Gasteiger partial charge in [-0.2, -0.15) is 0 Å². The Hall–Kier alpha value is -0.300. The Morgan fingerprint density at radius 3 is 1.53 bits per heavy atom. The van der Waals surface area contributed by atoms with Gasteiger partial charge in [-0.05, 0) is 41.4 Å². The highest BCUT2D eigenvalue weighted by molar-refractivity contribution is 4.99. The minimum absolute atomic E-state index is 0.171. The molecule has 0 amide bonds. The Morgan fingerprint density at radius 1 is 0.941 bits per heavy atom. The van der Waals surface area contributed by atoms with Crippen molar-refractivity contribution in [1.29, 1.82) is 0 Å². The van der Waals surface area contributed by atoms with E-state index in [0.717, 1.165) is 12.8 Å². The normalized spacial score (nSPS) is 35.7. The Morgan fingerprint density at radius 2 is 1.29 bits per heavy atom. The first-order chi connectivity index (χ1) is 7.57. The fourth-order valence-electron chi connectivity index (χ4n) is 3.23. The number of rotatable bonds is 1. The van der Waals surface area contributed by atoms with Crippen molar-refractivity contribution in [3.05, 3.63) is 12.7 Å². The molecule has 0 saturated heterocycles. The van der Waals surface area contributed by atoms with Gasteiger partial charge in [-0.1, -0.05) is 47.6 Å². The van der Waals surface area contributed by atoms with E-state index < -0.39 is 0 Å². The third-order valence-electron chi connectivity index (χ3n) is 4.50. The maximum Gasteiger partial charge on any atom is 0.0606 e. The molecule has 0 spiro atoms. The van der Waals surface area contributed by atoms with E-state index in [1.807, 2.05) is 0 Å². The molecule has 0 aromatic heterocycles. The number of aliphatic hydroxyl groups excluding tert-OH is 1. The van der Waals surface area contributed by atoms with E-state index in [9.17, 15) is 5.11 Å².